The molecule has 2 heteroatoms. The molecule has 2 aromatic carbocycles. The van der Waals surface area contributed by atoms with Gasteiger partial charge in [0.2, 0.25) is 0 Å². The molecule has 2 aromatic rings. The lowest BCUT2D eigenvalue weighted by Gasteiger charge is -2.26. The van der Waals surface area contributed by atoms with Gasteiger partial charge in [-0.2, -0.15) is 0 Å². The summed E-state index contributed by atoms with van der Waals surface area (Å²) in [5.74, 6) is 0.680. The summed E-state index contributed by atoms with van der Waals surface area (Å²) in [4.78, 5) is 0. The third kappa shape index (κ3) is 3.29. The second kappa shape index (κ2) is 6.95. The van der Waals surface area contributed by atoms with E-state index in [4.69, 9.17) is 11.5 Å². The van der Waals surface area contributed by atoms with Gasteiger partial charge in [-0.05, 0) is 29.2 Å². The van der Waals surface area contributed by atoms with Crippen LogP contribution >= 0.6 is 0 Å². The van der Waals surface area contributed by atoms with Crippen molar-refractivity contribution in [2.75, 3.05) is 0 Å². The number of allylic oxidation sites excluding steroid dienone is 4. The molecule has 118 valence electrons. The van der Waals surface area contributed by atoms with E-state index in [-0.39, 0.29) is 0 Å². The summed E-state index contributed by atoms with van der Waals surface area (Å²) >= 11 is 0. The summed E-state index contributed by atoms with van der Waals surface area (Å²) in [7, 11) is 0. The van der Waals surface area contributed by atoms with Crippen molar-refractivity contribution in [2.24, 2.45) is 17.4 Å². The van der Waals surface area contributed by atoms with Crippen LogP contribution in [0.2, 0.25) is 0 Å². The van der Waals surface area contributed by atoms with Crippen LogP contribution < -0.4 is 11.5 Å². The molecule has 0 heterocycles. The van der Waals surface area contributed by atoms with Gasteiger partial charge in [0.25, 0.3) is 0 Å². The zero-order chi connectivity index (χ0) is 16.2. The number of hydrogen-bond donors (Lipinski definition) is 2. The van der Waals surface area contributed by atoms with E-state index in [9.17, 15) is 0 Å². The number of rotatable bonds is 5. The molecule has 23 heavy (non-hydrogen) atoms. The van der Waals surface area contributed by atoms with Crippen molar-refractivity contribution in [1.82, 2.24) is 0 Å². The molecule has 1 unspecified atom stereocenters. The molecule has 0 amide bonds. The van der Waals surface area contributed by atoms with Crippen LogP contribution in [0, 0.1) is 5.92 Å². The highest BCUT2D eigenvalue weighted by molar-refractivity contribution is 5.43. The molecule has 0 radical (unpaired) electrons. The summed E-state index contributed by atoms with van der Waals surface area (Å²) in [5.41, 5.74) is 18.0. The normalized spacial score (nSPS) is 16.9. The lowest BCUT2D eigenvalue weighted by atomic mass is 9.78. The molecule has 0 saturated carbocycles. The molecule has 0 aliphatic heterocycles. The van der Waals surface area contributed by atoms with Gasteiger partial charge in [0, 0.05) is 24.9 Å². The Balaban J connectivity index is 2.09. The van der Waals surface area contributed by atoms with Crippen molar-refractivity contribution in [3.63, 3.8) is 0 Å². The Bertz CT molecular complexity index is 696. The Morgan fingerprint density at radius 1 is 0.913 bits per heavy atom. The van der Waals surface area contributed by atoms with Crippen LogP contribution in [0.15, 0.2) is 72.3 Å². The van der Waals surface area contributed by atoms with E-state index in [2.05, 4.69) is 73.7 Å². The van der Waals surface area contributed by atoms with Crippen LogP contribution in [0.1, 0.15) is 35.1 Å². The smallest absolute Gasteiger partial charge is 0.0190 e. The highest BCUT2D eigenvalue weighted by Crippen LogP contribution is 2.39. The Kier molecular flexibility index (Phi) is 4.75. The first-order valence-electron chi connectivity index (χ1n) is 8.15. The maximum atomic E-state index is 5.84. The zero-order valence-corrected chi connectivity index (χ0v) is 13.6. The molecule has 4 N–H and O–H groups in total. The summed E-state index contributed by atoms with van der Waals surface area (Å²) in [6, 6.07) is 17.3. The average Bonchev–Trinajstić information content (AvgIpc) is 3.01. The van der Waals surface area contributed by atoms with Gasteiger partial charge < -0.3 is 11.5 Å². The average molecular weight is 304 g/mol. The van der Waals surface area contributed by atoms with Crippen molar-refractivity contribution in [1.29, 1.82) is 0 Å². The van der Waals surface area contributed by atoms with E-state index < -0.39 is 0 Å². The van der Waals surface area contributed by atoms with Gasteiger partial charge in [0.1, 0.15) is 0 Å². The largest absolute Gasteiger partial charge is 0.326 e. The summed E-state index contributed by atoms with van der Waals surface area (Å²) in [6.45, 7) is 3.34. The molecule has 0 saturated heterocycles. The SMILES string of the molecule is CC1=CC=CC1C(c1cccc(CN)c1)c1cccc(CN)c1. The highest BCUT2D eigenvalue weighted by atomic mass is 14.5. The fourth-order valence-electron chi connectivity index (χ4n) is 3.40. The van der Waals surface area contributed by atoms with Gasteiger partial charge in [-0.3, -0.25) is 0 Å². The molecular weight excluding hydrogens is 280 g/mol. The van der Waals surface area contributed by atoms with Gasteiger partial charge in [0.15, 0.2) is 0 Å². The van der Waals surface area contributed by atoms with Crippen molar-refractivity contribution in [3.05, 3.63) is 94.6 Å². The maximum Gasteiger partial charge on any atom is 0.0190 e. The summed E-state index contributed by atoms with van der Waals surface area (Å²) in [5, 5.41) is 0. The standard InChI is InChI=1S/C21H24N2/c1-15-5-2-10-20(15)21(18-8-3-6-16(11-18)13-22)19-9-4-7-17(12-19)14-23/h2-12,20-21H,13-14,22-23H2,1H3. The first-order valence-corrected chi connectivity index (χ1v) is 8.15. The summed E-state index contributed by atoms with van der Waals surface area (Å²) in [6.07, 6.45) is 6.66. The van der Waals surface area contributed by atoms with E-state index >= 15 is 0 Å². The van der Waals surface area contributed by atoms with E-state index in [0.29, 0.717) is 24.9 Å². The monoisotopic (exact) mass is 304 g/mol. The molecule has 0 spiro atoms. The topological polar surface area (TPSA) is 52.0 Å². The Labute approximate surface area is 138 Å². The lowest BCUT2D eigenvalue weighted by molar-refractivity contribution is 0.657. The van der Waals surface area contributed by atoms with Gasteiger partial charge in [-0.1, -0.05) is 72.3 Å². The van der Waals surface area contributed by atoms with E-state index in [1.54, 1.807) is 0 Å². The van der Waals surface area contributed by atoms with Crippen LogP contribution in [0.3, 0.4) is 0 Å². The number of benzene rings is 2. The second-order valence-corrected chi connectivity index (χ2v) is 6.20. The quantitative estimate of drug-likeness (QED) is 0.881. The fourth-order valence-corrected chi connectivity index (χ4v) is 3.40. The number of nitrogens with two attached hydrogens (primary N) is 2. The third-order valence-electron chi connectivity index (χ3n) is 4.65. The second-order valence-electron chi connectivity index (χ2n) is 6.20. The molecule has 2 nitrogen and oxygen atoms in total. The zero-order valence-electron chi connectivity index (χ0n) is 13.6. The minimum absolute atomic E-state index is 0.294. The van der Waals surface area contributed by atoms with Crippen LogP contribution in [0.25, 0.3) is 0 Å². The van der Waals surface area contributed by atoms with Crippen LogP contribution in [-0.4, -0.2) is 0 Å². The molecule has 1 aliphatic carbocycles. The van der Waals surface area contributed by atoms with Crippen LogP contribution in [0.5, 0.6) is 0 Å². The highest BCUT2D eigenvalue weighted by Gasteiger charge is 2.26. The first kappa shape index (κ1) is 15.7. The minimum Gasteiger partial charge on any atom is -0.326 e. The molecular formula is C21H24N2. The lowest BCUT2D eigenvalue weighted by Crippen LogP contribution is -2.14. The molecule has 1 atom stereocenters. The van der Waals surface area contributed by atoms with Gasteiger partial charge in [0.05, 0.1) is 0 Å². The van der Waals surface area contributed by atoms with Crippen molar-refractivity contribution in [3.8, 4) is 0 Å². The van der Waals surface area contributed by atoms with E-state index in [1.165, 1.54) is 27.8 Å². The predicted octanol–water partition coefficient (Wildman–Crippen LogP) is 3.87. The third-order valence-corrected chi connectivity index (χ3v) is 4.65. The van der Waals surface area contributed by atoms with E-state index in [0.717, 1.165) is 0 Å². The van der Waals surface area contributed by atoms with Crippen LogP contribution in [0.4, 0.5) is 0 Å². The van der Waals surface area contributed by atoms with E-state index in [1.807, 2.05) is 0 Å². The Morgan fingerprint density at radius 2 is 1.48 bits per heavy atom. The van der Waals surface area contributed by atoms with Crippen molar-refractivity contribution >= 4 is 0 Å². The van der Waals surface area contributed by atoms with Crippen molar-refractivity contribution in [2.45, 2.75) is 25.9 Å². The fraction of sp³-hybridized carbons (Fsp3) is 0.238. The molecule has 1 aliphatic rings. The molecule has 3 rings (SSSR count). The minimum atomic E-state index is 0.294. The first-order chi connectivity index (χ1) is 11.2. The summed E-state index contributed by atoms with van der Waals surface area (Å²) < 4.78 is 0. The maximum absolute atomic E-state index is 5.84. The molecule has 0 aromatic heterocycles. The Hall–Kier alpha value is -2.16. The molecule has 0 bridgehead atoms. The molecule has 0 fully saturated rings. The Morgan fingerprint density at radius 3 is 1.91 bits per heavy atom. The van der Waals surface area contributed by atoms with Gasteiger partial charge >= 0.3 is 0 Å². The predicted molar refractivity (Wildman–Crippen MR) is 96.9 cm³/mol. The van der Waals surface area contributed by atoms with Gasteiger partial charge in [-0.25, -0.2) is 0 Å². The van der Waals surface area contributed by atoms with Crippen LogP contribution in [-0.2, 0) is 13.1 Å². The van der Waals surface area contributed by atoms with Crippen molar-refractivity contribution < 1.29 is 0 Å². The van der Waals surface area contributed by atoms with Gasteiger partial charge in [-0.15, -0.1) is 0 Å². The number of hydrogen-bond acceptors (Lipinski definition) is 2.